The summed E-state index contributed by atoms with van der Waals surface area (Å²) in [6.07, 6.45) is 1.94. The molecule has 0 unspecified atom stereocenters. The first-order valence-electron chi connectivity index (χ1n) is 7.45. The predicted octanol–water partition coefficient (Wildman–Crippen LogP) is 2.45. The van der Waals surface area contributed by atoms with Crippen LogP contribution in [0.5, 0.6) is 0 Å². The van der Waals surface area contributed by atoms with E-state index in [0.717, 1.165) is 6.42 Å². The van der Waals surface area contributed by atoms with Crippen LogP contribution in [-0.4, -0.2) is 36.7 Å². The van der Waals surface area contributed by atoms with E-state index in [1.807, 2.05) is 0 Å². The molecule has 0 aliphatic rings. The molecule has 0 heterocycles. The fourth-order valence-electron chi connectivity index (χ4n) is 1.93. The Kier molecular flexibility index (Phi) is 9.21. The van der Waals surface area contributed by atoms with Gasteiger partial charge in [0, 0.05) is 19.6 Å². The predicted molar refractivity (Wildman–Crippen MR) is 78.6 cm³/mol. The third kappa shape index (κ3) is 6.89. The summed E-state index contributed by atoms with van der Waals surface area (Å²) in [5.74, 6) is -0.510. The van der Waals surface area contributed by atoms with Crippen LogP contribution in [0.1, 0.15) is 53.4 Å². The highest BCUT2D eigenvalue weighted by Gasteiger charge is 2.36. The molecule has 0 atom stereocenters. The summed E-state index contributed by atoms with van der Waals surface area (Å²) in [5, 5.41) is 12.0. The van der Waals surface area contributed by atoms with Crippen molar-refractivity contribution in [3.8, 4) is 0 Å². The van der Waals surface area contributed by atoms with Crippen LogP contribution in [0.25, 0.3) is 0 Å². The number of carboxylic acid groups (broad SMARTS) is 1. The first-order chi connectivity index (χ1) is 9.38. The standard InChI is InChI=1S/C15H29NO4/c1-5-15(6-2,14(18)19)11-13(17)16-8-10-20-9-7-12(3)4/h12H,5-11H2,1-4H3,(H,16,17)(H,18,19). The van der Waals surface area contributed by atoms with Crippen LogP contribution in [-0.2, 0) is 14.3 Å². The van der Waals surface area contributed by atoms with Gasteiger partial charge in [0.1, 0.15) is 0 Å². The largest absolute Gasteiger partial charge is 0.481 e. The second kappa shape index (κ2) is 9.75. The van der Waals surface area contributed by atoms with E-state index in [9.17, 15) is 14.7 Å². The first-order valence-corrected chi connectivity index (χ1v) is 7.45. The van der Waals surface area contributed by atoms with Crippen molar-refractivity contribution < 1.29 is 19.4 Å². The number of carbonyl (C=O) groups excluding carboxylic acids is 1. The minimum atomic E-state index is -0.942. The van der Waals surface area contributed by atoms with Gasteiger partial charge in [0.15, 0.2) is 0 Å². The van der Waals surface area contributed by atoms with Crippen LogP contribution in [0.3, 0.4) is 0 Å². The van der Waals surface area contributed by atoms with Gasteiger partial charge in [-0.3, -0.25) is 9.59 Å². The number of hydrogen-bond acceptors (Lipinski definition) is 3. The fraction of sp³-hybridized carbons (Fsp3) is 0.867. The van der Waals surface area contributed by atoms with Crippen LogP contribution >= 0.6 is 0 Å². The highest BCUT2D eigenvalue weighted by atomic mass is 16.5. The SMILES string of the molecule is CCC(CC)(CC(=O)NCCOCCC(C)C)C(=O)O. The van der Waals surface area contributed by atoms with Gasteiger partial charge in [-0.15, -0.1) is 0 Å². The topological polar surface area (TPSA) is 75.6 Å². The molecule has 0 saturated heterocycles. The molecular formula is C15H29NO4. The first kappa shape index (κ1) is 18.9. The quantitative estimate of drug-likeness (QED) is 0.572. The molecule has 5 nitrogen and oxygen atoms in total. The van der Waals surface area contributed by atoms with Crippen LogP contribution in [0, 0.1) is 11.3 Å². The number of aliphatic carboxylic acids is 1. The molecule has 2 N–H and O–H groups in total. The number of ether oxygens (including phenoxy) is 1. The maximum absolute atomic E-state index is 11.8. The van der Waals surface area contributed by atoms with Gasteiger partial charge < -0.3 is 15.2 Å². The third-order valence-electron chi connectivity index (χ3n) is 3.71. The molecule has 0 aromatic carbocycles. The zero-order valence-electron chi connectivity index (χ0n) is 13.2. The number of carbonyl (C=O) groups is 2. The lowest BCUT2D eigenvalue weighted by Crippen LogP contribution is -2.37. The lowest BCUT2D eigenvalue weighted by Gasteiger charge is -2.25. The lowest BCUT2D eigenvalue weighted by molar-refractivity contribution is -0.152. The lowest BCUT2D eigenvalue weighted by atomic mass is 9.79. The minimum absolute atomic E-state index is 0.0291. The van der Waals surface area contributed by atoms with E-state index in [2.05, 4.69) is 19.2 Å². The second-order valence-electron chi connectivity index (χ2n) is 5.61. The van der Waals surface area contributed by atoms with Crippen LogP contribution in [0.4, 0.5) is 0 Å². The minimum Gasteiger partial charge on any atom is -0.481 e. The van der Waals surface area contributed by atoms with Gasteiger partial charge in [0.25, 0.3) is 0 Å². The number of rotatable bonds is 11. The fourth-order valence-corrected chi connectivity index (χ4v) is 1.93. The van der Waals surface area contributed by atoms with Crippen molar-refractivity contribution in [2.24, 2.45) is 11.3 Å². The highest BCUT2D eigenvalue weighted by Crippen LogP contribution is 2.30. The van der Waals surface area contributed by atoms with Gasteiger partial charge in [0.2, 0.25) is 5.91 Å². The van der Waals surface area contributed by atoms with Crippen molar-refractivity contribution in [1.29, 1.82) is 0 Å². The molecule has 0 bridgehead atoms. The van der Waals surface area contributed by atoms with Gasteiger partial charge in [-0.25, -0.2) is 0 Å². The zero-order valence-corrected chi connectivity index (χ0v) is 13.2. The smallest absolute Gasteiger partial charge is 0.310 e. The molecule has 0 aromatic heterocycles. The van der Waals surface area contributed by atoms with Crippen molar-refractivity contribution in [1.82, 2.24) is 5.32 Å². The van der Waals surface area contributed by atoms with Gasteiger partial charge in [0.05, 0.1) is 12.0 Å². The Morgan fingerprint density at radius 2 is 1.80 bits per heavy atom. The number of hydrogen-bond donors (Lipinski definition) is 2. The Morgan fingerprint density at radius 1 is 1.20 bits per heavy atom. The average Bonchev–Trinajstić information content (AvgIpc) is 2.39. The molecule has 0 radical (unpaired) electrons. The van der Waals surface area contributed by atoms with Crippen molar-refractivity contribution in [2.75, 3.05) is 19.8 Å². The maximum Gasteiger partial charge on any atom is 0.310 e. The molecule has 0 aliphatic carbocycles. The summed E-state index contributed by atoms with van der Waals surface area (Å²) in [5.41, 5.74) is -0.942. The highest BCUT2D eigenvalue weighted by molar-refractivity contribution is 5.84. The second-order valence-corrected chi connectivity index (χ2v) is 5.61. The summed E-state index contributed by atoms with van der Waals surface area (Å²) >= 11 is 0. The van der Waals surface area contributed by atoms with E-state index in [1.165, 1.54) is 0 Å². The molecule has 0 aromatic rings. The van der Waals surface area contributed by atoms with Crippen molar-refractivity contribution in [2.45, 2.75) is 53.4 Å². The third-order valence-corrected chi connectivity index (χ3v) is 3.71. The van der Waals surface area contributed by atoms with E-state index in [4.69, 9.17) is 4.74 Å². The van der Waals surface area contributed by atoms with Crippen LogP contribution in [0.2, 0.25) is 0 Å². The molecule has 5 heteroatoms. The monoisotopic (exact) mass is 287 g/mol. The number of nitrogens with one attached hydrogen (secondary N) is 1. The van der Waals surface area contributed by atoms with Crippen LogP contribution in [0.15, 0.2) is 0 Å². The molecule has 0 spiro atoms. The molecule has 0 saturated carbocycles. The summed E-state index contributed by atoms with van der Waals surface area (Å²) < 4.78 is 5.39. The molecule has 1 amide bonds. The summed E-state index contributed by atoms with van der Waals surface area (Å²) in [7, 11) is 0. The van der Waals surface area contributed by atoms with Crippen molar-refractivity contribution >= 4 is 11.9 Å². The Labute approximate surface area is 122 Å². The van der Waals surface area contributed by atoms with E-state index in [-0.39, 0.29) is 12.3 Å². The van der Waals surface area contributed by atoms with Gasteiger partial charge >= 0.3 is 5.97 Å². The van der Waals surface area contributed by atoms with Crippen molar-refractivity contribution in [3.05, 3.63) is 0 Å². The Hall–Kier alpha value is -1.10. The normalized spacial score (nSPS) is 11.7. The Bertz CT molecular complexity index is 298. The Balaban J connectivity index is 3.95. The number of amides is 1. The summed E-state index contributed by atoms with van der Waals surface area (Å²) in [6, 6.07) is 0. The zero-order chi connectivity index (χ0) is 15.6. The number of carboxylic acids is 1. The van der Waals surface area contributed by atoms with E-state index in [1.54, 1.807) is 13.8 Å². The molecule has 0 aliphatic heterocycles. The van der Waals surface area contributed by atoms with Gasteiger partial charge in [-0.05, 0) is 25.2 Å². The van der Waals surface area contributed by atoms with Gasteiger partial charge in [-0.1, -0.05) is 27.7 Å². The van der Waals surface area contributed by atoms with Gasteiger partial charge in [-0.2, -0.15) is 0 Å². The van der Waals surface area contributed by atoms with Crippen LogP contribution < -0.4 is 5.32 Å². The molecule has 20 heavy (non-hydrogen) atoms. The van der Waals surface area contributed by atoms with Crippen molar-refractivity contribution in [3.63, 3.8) is 0 Å². The molecular weight excluding hydrogens is 258 g/mol. The van der Waals surface area contributed by atoms with E-state index < -0.39 is 11.4 Å². The molecule has 0 fully saturated rings. The molecule has 118 valence electrons. The van der Waals surface area contributed by atoms with E-state index in [0.29, 0.717) is 38.5 Å². The molecule has 0 rings (SSSR count). The average molecular weight is 287 g/mol. The Morgan fingerprint density at radius 3 is 2.25 bits per heavy atom. The maximum atomic E-state index is 11.8. The summed E-state index contributed by atoms with van der Waals surface area (Å²) in [6.45, 7) is 9.46. The summed E-state index contributed by atoms with van der Waals surface area (Å²) in [4.78, 5) is 23.1. The van der Waals surface area contributed by atoms with E-state index >= 15 is 0 Å².